The molecule has 2 N–H and O–H groups in total. The minimum Gasteiger partial charge on any atom is -0.330 e. The van der Waals surface area contributed by atoms with Gasteiger partial charge in [-0.15, -0.1) is 0 Å². The Bertz CT molecular complexity index is 375. The number of benzene rings is 1. The van der Waals surface area contributed by atoms with E-state index < -0.39 is 0 Å². The normalized spacial score (nSPS) is 18.7. The van der Waals surface area contributed by atoms with Crippen LogP contribution in [0.3, 0.4) is 0 Å². The largest absolute Gasteiger partial charge is 0.330 e. The van der Waals surface area contributed by atoms with Gasteiger partial charge in [0.2, 0.25) is 0 Å². The Hall–Kier alpha value is -0.340. The van der Waals surface area contributed by atoms with E-state index in [-0.39, 0.29) is 5.41 Å². The lowest BCUT2D eigenvalue weighted by Crippen LogP contribution is -2.42. The standard InChI is InChI=1S/C13H18BrN/c1-9-6-11(10(2)12(14)7-9)13(8-15)4-3-5-13/h6-7H,3-5,8,15H2,1-2H3. The van der Waals surface area contributed by atoms with Crippen molar-refractivity contribution in [2.24, 2.45) is 5.73 Å². The van der Waals surface area contributed by atoms with Gasteiger partial charge in [-0.3, -0.25) is 0 Å². The highest BCUT2D eigenvalue weighted by atomic mass is 79.9. The molecule has 0 amide bonds. The van der Waals surface area contributed by atoms with Crippen molar-refractivity contribution < 1.29 is 0 Å². The summed E-state index contributed by atoms with van der Waals surface area (Å²) in [5.74, 6) is 0. The van der Waals surface area contributed by atoms with E-state index in [1.54, 1.807) is 0 Å². The van der Waals surface area contributed by atoms with Crippen LogP contribution in [-0.4, -0.2) is 6.54 Å². The van der Waals surface area contributed by atoms with Crippen LogP contribution in [0.2, 0.25) is 0 Å². The fraction of sp³-hybridized carbons (Fsp3) is 0.538. The van der Waals surface area contributed by atoms with Crippen LogP contribution in [0.15, 0.2) is 16.6 Å². The van der Waals surface area contributed by atoms with E-state index in [0.717, 1.165) is 6.54 Å². The molecule has 2 heteroatoms. The maximum absolute atomic E-state index is 5.95. The maximum Gasteiger partial charge on any atom is 0.0210 e. The summed E-state index contributed by atoms with van der Waals surface area (Å²) < 4.78 is 1.22. The third-order valence-electron chi connectivity index (χ3n) is 3.76. The lowest BCUT2D eigenvalue weighted by Gasteiger charge is -2.42. The fourth-order valence-corrected chi connectivity index (χ4v) is 3.13. The molecular formula is C13H18BrN. The minimum atomic E-state index is 0.276. The molecule has 2 rings (SSSR count). The van der Waals surface area contributed by atoms with Gasteiger partial charge < -0.3 is 5.73 Å². The molecule has 1 aromatic carbocycles. The first-order valence-electron chi connectivity index (χ1n) is 5.56. The molecule has 15 heavy (non-hydrogen) atoms. The van der Waals surface area contributed by atoms with Gasteiger partial charge in [0.25, 0.3) is 0 Å². The van der Waals surface area contributed by atoms with Crippen molar-refractivity contribution in [2.45, 2.75) is 38.5 Å². The Kier molecular flexibility index (Phi) is 2.91. The molecule has 0 heterocycles. The second-order valence-electron chi connectivity index (χ2n) is 4.76. The average molecular weight is 268 g/mol. The van der Waals surface area contributed by atoms with E-state index in [1.807, 2.05) is 0 Å². The van der Waals surface area contributed by atoms with Crippen LogP contribution in [0.25, 0.3) is 0 Å². The van der Waals surface area contributed by atoms with E-state index in [0.29, 0.717) is 0 Å². The van der Waals surface area contributed by atoms with Crippen molar-refractivity contribution in [1.82, 2.24) is 0 Å². The van der Waals surface area contributed by atoms with Crippen molar-refractivity contribution in [2.75, 3.05) is 6.54 Å². The summed E-state index contributed by atoms with van der Waals surface area (Å²) in [4.78, 5) is 0. The van der Waals surface area contributed by atoms with Crippen molar-refractivity contribution in [3.05, 3.63) is 33.3 Å². The molecule has 0 atom stereocenters. The number of aryl methyl sites for hydroxylation is 1. The third-order valence-corrected chi connectivity index (χ3v) is 4.59. The highest BCUT2D eigenvalue weighted by molar-refractivity contribution is 9.10. The molecule has 0 spiro atoms. The summed E-state index contributed by atoms with van der Waals surface area (Å²) in [6.07, 6.45) is 3.82. The van der Waals surface area contributed by atoms with Crippen LogP contribution in [0.5, 0.6) is 0 Å². The second-order valence-corrected chi connectivity index (χ2v) is 5.61. The van der Waals surface area contributed by atoms with E-state index >= 15 is 0 Å². The van der Waals surface area contributed by atoms with Crippen LogP contribution in [-0.2, 0) is 5.41 Å². The van der Waals surface area contributed by atoms with Crippen LogP contribution in [0.1, 0.15) is 36.0 Å². The first-order valence-corrected chi connectivity index (χ1v) is 6.36. The Balaban J connectivity index is 2.51. The SMILES string of the molecule is Cc1cc(Br)c(C)c(C2(CN)CCC2)c1. The number of hydrogen-bond acceptors (Lipinski definition) is 1. The van der Waals surface area contributed by atoms with Crippen LogP contribution >= 0.6 is 15.9 Å². The molecular weight excluding hydrogens is 250 g/mol. The molecule has 1 aliphatic carbocycles. The topological polar surface area (TPSA) is 26.0 Å². The van der Waals surface area contributed by atoms with Crippen molar-refractivity contribution in [3.8, 4) is 0 Å². The van der Waals surface area contributed by atoms with Crippen molar-refractivity contribution >= 4 is 15.9 Å². The molecule has 0 radical (unpaired) electrons. The summed E-state index contributed by atoms with van der Waals surface area (Å²) in [5.41, 5.74) is 10.4. The first-order chi connectivity index (χ1) is 7.09. The molecule has 0 aliphatic heterocycles. The summed E-state index contributed by atoms with van der Waals surface area (Å²) in [6, 6.07) is 4.49. The highest BCUT2D eigenvalue weighted by Crippen LogP contribution is 2.45. The third kappa shape index (κ3) is 1.74. The zero-order valence-corrected chi connectivity index (χ0v) is 11.0. The molecule has 1 saturated carbocycles. The van der Waals surface area contributed by atoms with Gasteiger partial charge in [-0.1, -0.05) is 28.4 Å². The Morgan fingerprint density at radius 3 is 2.47 bits per heavy atom. The Labute approximate surface area is 100 Å². The summed E-state index contributed by atoms with van der Waals surface area (Å²) >= 11 is 3.63. The van der Waals surface area contributed by atoms with Gasteiger partial charge in [-0.2, -0.15) is 0 Å². The lowest BCUT2D eigenvalue weighted by molar-refractivity contribution is 0.251. The van der Waals surface area contributed by atoms with Gasteiger partial charge in [0.1, 0.15) is 0 Å². The monoisotopic (exact) mass is 267 g/mol. The quantitative estimate of drug-likeness (QED) is 0.873. The zero-order valence-electron chi connectivity index (χ0n) is 9.44. The van der Waals surface area contributed by atoms with Crippen LogP contribution < -0.4 is 5.73 Å². The van der Waals surface area contributed by atoms with Crippen LogP contribution in [0, 0.1) is 13.8 Å². The number of nitrogens with two attached hydrogens (primary N) is 1. The molecule has 0 bridgehead atoms. The van der Waals surface area contributed by atoms with E-state index in [9.17, 15) is 0 Å². The second kappa shape index (κ2) is 3.91. The van der Waals surface area contributed by atoms with Gasteiger partial charge in [0.15, 0.2) is 0 Å². The molecule has 0 saturated heterocycles. The Morgan fingerprint density at radius 1 is 1.33 bits per heavy atom. The minimum absolute atomic E-state index is 0.276. The predicted octanol–water partition coefficient (Wildman–Crippen LogP) is 3.45. The molecule has 1 nitrogen and oxygen atoms in total. The fourth-order valence-electron chi connectivity index (χ4n) is 2.55. The van der Waals surface area contributed by atoms with Crippen LogP contribution in [0.4, 0.5) is 0 Å². The molecule has 1 aromatic rings. The smallest absolute Gasteiger partial charge is 0.0210 e. The molecule has 82 valence electrons. The Morgan fingerprint density at radius 2 is 2.00 bits per heavy atom. The van der Waals surface area contributed by atoms with Gasteiger partial charge in [0.05, 0.1) is 0 Å². The first kappa shape index (κ1) is 11.2. The van der Waals surface area contributed by atoms with Gasteiger partial charge >= 0.3 is 0 Å². The molecule has 1 aliphatic rings. The van der Waals surface area contributed by atoms with E-state index in [2.05, 4.69) is 41.9 Å². The van der Waals surface area contributed by atoms with Gasteiger partial charge in [0, 0.05) is 16.4 Å². The molecule has 0 unspecified atom stereocenters. The molecule has 1 fully saturated rings. The van der Waals surface area contributed by atoms with Crippen molar-refractivity contribution in [3.63, 3.8) is 0 Å². The average Bonchev–Trinajstić information content (AvgIpc) is 2.12. The summed E-state index contributed by atoms with van der Waals surface area (Å²) in [5, 5.41) is 0. The molecule has 0 aromatic heterocycles. The number of hydrogen-bond donors (Lipinski definition) is 1. The zero-order chi connectivity index (χ0) is 11.1. The highest BCUT2D eigenvalue weighted by Gasteiger charge is 2.38. The maximum atomic E-state index is 5.95. The number of halogens is 1. The van der Waals surface area contributed by atoms with Gasteiger partial charge in [-0.25, -0.2) is 0 Å². The predicted molar refractivity (Wildman–Crippen MR) is 68.2 cm³/mol. The summed E-state index contributed by atoms with van der Waals surface area (Å²) in [7, 11) is 0. The van der Waals surface area contributed by atoms with Crippen molar-refractivity contribution in [1.29, 1.82) is 0 Å². The summed E-state index contributed by atoms with van der Waals surface area (Å²) in [6.45, 7) is 5.12. The van der Waals surface area contributed by atoms with E-state index in [1.165, 1.54) is 40.4 Å². The van der Waals surface area contributed by atoms with Gasteiger partial charge in [-0.05, 0) is 49.4 Å². The van der Waals surface area contributed by atoms with E-state index in [4.69, 9.17) is 5.73 Å². The number of rotatable bonds is 2. The lowest BCUT2D eigenvalue weighted by atomic mass is 9.63.